The maximum absolute atomic E-state index is 12.8. The van der Waals surface area contributed by atoms with Crippen molar-refractivity contribution in [3.8, 4) is 0 Å². The van der Waals surface area contributed by atoms with Crippen molar-refractivity contribution in [3.05, 3.63) is 22.2 Å². The maximum Gasteiger partial charge on any atom is 0.246 e. The Hall–Kier alpha value is -0.490. The Kier molecular flexibility index (Phi) is 4.54. The highest BCUT2D eigenvalue weighted by molar-refractivity contribution is 7.89. The summed E-state index contributed by atoms with van der Waals surface area (Å²) in [5.41, 5.74) is 5.91. The number of halogens is 2. The van der Waals surface area contributed by atoms with Crippen molar-refractivity contribution in [2.24, 2.45) is 5.92 Å². The average molecular weight is 337 g/mol. The second-order valence-electron chi connectivity index (χ2n) is 5.28. The molecule has 1 heterocycles. The summed E-state index contributed by atoms with van der Waals surface area (Å²) in [6, 6.07) is 2.75. The van der Waals surface area contributed by atoms with Gasteiger partial charge in [0.25, 0.3) is 0 Å². The van der Waals surface area contributed by atoms with Crippen LogP contribution in [0.5, 0.6) is 0 Å². The lowest BCUT2D eigenvalue weighted by Gasteiger charge is -2.37. The third-order valence-corrected chi connectivity index (χ3v) is 6.65. The molecule has 0 spiro atoms. The summed E-state index contributed by atoms with van der Waals surface area (Å²) in [5, 5.41) is 0.395. The molecule has 4 nitrogen and oxygen atoms in total. The first-order valence-electron chi connectivity index (χ1n) is 6.51. The lowest BCUT2D eigenvalue weighted by Crippen LogP contribution is -2.46. The summed E-state index contributed by atoms with van der Waals surface area (Å²) in [4.78, 5) is -0.0375. The maximum atomic E-state index is 12.8. The quantitative estimate of drug-likeness (QED) is 0.842. The van der Waals surface area contributed by atoms with Gasteiger partial charge < -0.3 is 5.73 Å². The van der Waals surface area contributed by atoms with Gasteiger partial charge in [-0.3, -0.25) is 0 Å². The van der Waals surface area contributed by atoms with Gasteiger partial charge >= 0.3 is 0 Å². The molecule has 7 heteroatoms. The molecule has 1 aromatic rings. The van der Waals surface area contributed by atoms with Crippen LogP contribution in [0.4, 0.5) is 5.69 Å². The lowest BCUT2D eigenvalue weighted by molar-refractivity contribution is 0.202. The number of rotatable bonds is 2. The summed E-state index contributed by atoms with van der Waals surface area (Å²) in [6.07, 6.45) is 1.87. The van der Waals surface area contributed by atoms with Gasteiger partial charge in [-0.15, -0.1) is 0 Å². The fraction of sp³-hybridized carbons (Fsp3) is 0.538. The Morgan fingerprint density at radius 3 is 2.55 bits per heavy atom. The predicted octanol–water partition coefficient (Wildman–Crippen LogP) is 3.38. The Balaban J connectivity index is 2.50. The Morgan fingerprint density at radius 2 is 1.95 bits per heavy atom. The Labute approximate surface area is 129 Å². The molecule has 112 valence electrons. The Bertz CT molecular complexity index is 596. The van der Waals surface area contributed by atoms with Gasteiger partial charge in [0.15, 0.2) is 0 Å². The molecule has 2 unspecified atom stereocenters. The molecule has 2 rings (SSSR count). The van der Waals surface area contributed by atoms with Crippen LogP contribution < -0.4 is 5.73 Å². The molecule has 2 atom stereocenters. The van der Waals surface area contributed by atoms with E-state index in [1.807, 2.05) is 6.92 Å². The minimum absolute atomic E-state index is 0.0375. The van der Waals surface area contributed by atoms with E-state index < -0.39 is 10.0 Å². The van der Waals surface area contributed by atoms with Crippen LogP contribution in [-0.2, 0) is 10.0 Å². The molecular weight excluding hydrogens is 319 g/mol. The number of nitrogens with zero attached hydrogens (tertiary/aromatic N) is 1. The second kappa shape index (κ2) is 5.72. The Morgan fingerprint density at radius 1 is 1.30 bits per heavy atom. The van der Waals surface area contributed by atoms with Gasteiger partial charge in [-0.2, -0.15) is 4.31 Å². The van der Waals surface area contributed by atoms with Crippen LogP contribution in [0, 0.1) is 5.92 Å². The molecule has 1 aromatic carbocycles. The molecule has 1 aliphatic heterocycles. The monoisotopic (exact) mass is 336 g/mol. The summed E-state index contributed by atoms with van der Waals surface area (Å²) >= 11 is 11.9. The molecule has 1 saturated heterocycles. The number of hydrogen-bond acceptors (Lipinski definition) is 3. The number of piperidine rings is 1. The van der Waals surface area contributed by atoms with Gasteiger partial charge in [-0.1, -0.05) is 30.1 Å². The number of hydrogen-bond donors (Lipinski definition) is 1. The largest absolute Gasteiger partial charge is 0.398 e. The highest BCUT2D eigenvalue weighted by atomic mass is 35.5. The van der Waals surface area contributed by atoms with Gasteiger partial charge in [-0.25, -0.2) is 8.42 Å². The molecule has 20 heavy (non-hydrogen) atoms. The molecular formula is C13H18Cl2N2O2S. The molecule has 1 aliphatic rings. The molecule has 2 N–H and O–H groups in total. The van der Waals surface area contributed by atoms with Gasteiger partial charge in [0, 0.05) is 17.6 Å². The first-order chi connectivity index (χ1) is 9.25. The van der Waals surface area contributed by atoms with Crippen molar-refractivity contribution < 1.29 is 8.42 Å². The number of benzene rings is 1. The van der Waals surface area contributed by atoms with Gasteiger partial charge in [0.1, 0.15) is 4.90 Å². The molecule has 0 aromatic heterocycles. The zero-order valence-electron chi connectivity index (χ0n) is 11.4. The third kappa shape index (κ3) is 2.77. The first kappa shape index (κ1) is 15.9. The summed E-state index contributed by atoms with van der Waals surface area (Å²) < 4.78 is 27.1. The SMILES string of the molecule is CC1CCCN(S(=O)(=O)c2c(N)cc(Cl)cc2Cl)C1C. The van der Waals surface area contributed by atoms with E-state index in [0.29, 0.717) is 17.5 Å². The van der Waals surface area contributed by atoms with Crippen LogP contribution in [-0.4, -0.2) is 25.3 Å². The number of nitrogens with two attached hydrogens (primary N) is 1. The normalized spacial score (nSPS) is 24.8. The van der Waals surface area contributed by atoms with E-state index in [0.717, 1.165) is 12.8 Å². The van der Waals surface area contributed by atoms with Crippen LogP contribution in [0.2, 0.25) is 10.0 Å². The molecule has 1 fully saturated rings. The lowest BCUT2D eigenvalue weighted by atomic mass is 9.94. The minimum Gasteiger partial charge on any atom is -0.398 e. The van der Waals surface area contributed by atoms with Crippen LogP contribution in [0.25, 0.3) is 0 Å². The van der Waals surface area contributed by atoms with Crippen molar-refractivity contribution in [2.75, 3.05) is 12.3 Å². The van der Waals surface area contributed by atoms with Gasteiger partial charge in [0.2, 0.25) is 10.0 Å². The zero-order valence-corrected chi connectivity index (χ0v) is 13.8. The van der Waals surface area contributed by atoms with Gasteiger partial charge in [0.05, 0.1) is 10.7 Å². The van der Waals surface area contributed by atoms with Crippen LogP contribution in [0.3, 0.4) is 0 Å². The zero-order chi connectivity index (χ0) is 15.1. The highest BCUT2D eigenvalue weighted by Gasteiger charge is 2.36. The van der Waals surface area contributed by atoms with Crippen molar-refractivity contribution in [1.29, 1.82) is 0 Å². The van der Waals surface area contributed by atoms with Crippen LogP contribution >= 0.6 is 23.2 Å². The topological polar surface area (TPSA) is 63.4 Å². The second-order valence-corrected chi connectivity index (χ2v) is 7.95. The van der Waals surface area contributed by atoms with E-state index in [4.69, 9.17) is 28.9 Å². The third-order valence-electron chi connectivity index (χ3n) is 3.92. The van der Waals surface area contributed by atoms with E-state index in [-0.39, 0.29) is 21.6 Å². The number of sulfonamides is 1. The van der Waals surface area contributed by atoms with Crippen LogP contribution in [0.1, 0.15) is 26.7 Å². The van der Waals surface area contributed by atoms with Crippen molar-refractivity contribution >= 4 is 38.9 Å². The van der Waals surface area contributed by atoms with E-state index in [2.05, 4.69) is 6.92 Å². The van der Waals surface area contributed by atoms with Crippen molar-refractivity contribution in [1.82, 2.24) is 4.31 Å². The average Bonchev–Trinajstić information content (AvgIpc) is 2.30. The number of nitrogen functional groups attached to an aromatic ring is 1. The predicted molar refractivity (Wildman–Crippen MR) is 82.6 cm³/mol. The summed E-state index contributed by atoms with van der Waals surface area (Å²) in [6.45, 7) is 4.47. The first-order valence-corrected chi connectivity index (χ1v) is 8.71. The number of anilines is 1. The molecule has 0 aliphatic carbocycles. The molecule has 0 amide bonds. The standard InChI is InChI=1S/C13H18Cl2N2O2S/c1-8-4-3-5-17(9(8)2)20(18,19)13-11(15)6-10(14)7-12(13)16/h6-9H,3-5,16H2,1-2H3. The minimum atomic E-state index is -3.70. The summed E-state index contributed by atoms with van der Waals surface area (Å²) in [7, 11) is -3.70. The van der Waals surface area contributed by atoms with Crippen molar-refractivity contribution in [3.63, 3.8) is 0 Å². The highest BCUT2D eigenvalue weighted by Crippen LogP contribution is 2.36. The fourth-order valence-electron chi connectivity index (χ4n) is 2.61. The van der Waals surface area contributed by atoms with E-state index in [1.54, 1.807) is 0 Å². The van der Waals surface area contributed by atoms with E-state index in [1.165, 1.54) is 16.4 Å². The smallest absolute Gasteiger partial charge is 0.246 e. The van der Waals surface area contributed by atoms with Gasteiger partial charge in [-0.05, 0) is 37.8 Å². The van der Waals surface area contributed by atoms with E-state index >= 15 is 0 Å². The van der Waals surface area contributed by atoms with Crippen molar-refractivity contribution in [2.45, 2.75) is 37.6 Å². The van der Waals surface area contributed by atoms with E-state index in [9.17, 15) is 8.42 Å². The van der Waals surface area contributed by atoms with Crippen LogP contribution in [0.15, 0.2) is 17.0 Å². The molecule has 0 bridgehead atoms. The molecule has 0 radical (unpaired) electrons. The fourth-order valence-corrected chi connectivity index (χ4v) is 5.32. The summed E-state index contributed by atoms with van der Waals surface area (Å²) in [5.74, 6) is 0.311. The molecule has 0 saturated carbocycles.